The Morgan fingerprint density at radius 3 is 2.39 bits per heavy atom. The molecule has 2 rings (SSSR count). The zero-order chi connectivity index (χ0) is 13.0. The van der Waals surface area contributed by atoms with Crippen LogP contribution in [0.4, 0.5) is 0 Å². The van der Waals surface area contributed by atoms with Crippen LogP contribution in [0, 0.1) is 0 Å². The Hall–Kier alpha value is -0.610. The average molecular weight is 347 g/mol. The third-order valence-corrected chi connectivity index (χ3v) is 3.40. The van der Waals surface area contributed by atoms with E-state index >= 15 is 0 Å². The summed E-state index contributed by atoms with van der Waals surface area (Å²) in [4.78, 5) is 3.96. The predicted octanol–water partition coefficient (Wildman–Crippen LogP) is 4.87. The molecule has 0 atom stereocenters. The number of hydrogen-bond donors (Lipinski definition) is 0. The van der Waals surface area contributed by atoms with Crippen LogP contribution in [-0.4, -0.2) is 4.98 Å². The van der Waals surface area contributed by atoms with E-state index in [9.17, 15) is 0 Å². The van der Waals surface area contributed by atoms with Crippen LogP contribution in [0.15, 0.2) is 40.9 Å². The number of rotatable bonds is 4. The van der Waals surface area contributed by atoms with Crippen molar-refractivity contribution in [2.75, 3.05) is 0 Å². The zero-order valence-electron chi connectivity index (χ0n) is 9.37. The average Bonchev–Trinajstić information content (AvgIpc) is 2.34. The molecular formula is C13H10BrCl2NO. The molecule has 0 aliphatic rings. The Kier molecular flexibility index (Phi) is 5.01. The molecule has 0 spiro atoms. The number of pyridine rings is 1. The summed E-state index contributed by atoms with van der Waals surface area (Å²) in [5.41, 5.74) is 1.94. The van der Waals surface area contributed by atoms with E-state index < -0.39 is 0 Å². The molecule has 2 aromatic rings. The molecule has 0 saturated carbocycles. The summed E-state index contributed by atoms with van der Waals surface area (Å²) in [7, 11) is 0. The number of nitrogens with zero attached hydrogens (tertiary/aromatic N) is 1. The van der Waals surface area contributed by atoms with Gasteiger partial charge in [-0.2, -0.15) is 0 Å². The molecule has 1 heterocycles. The molecule has 0 amide bonds. The van der Waals surface area contributed by atoms with Crippen LogP contribution in [0.1, 0.15) is 11.1 Å². The Morgan fingerprint density at radius 1 is 1.00 bits per heavy atom. The fourth-order valence-corrected chi connectivity index (χ4v) is 2.07. The maximum absolute atomic E-state index is 5.95. The molecule has 0 aliphatic carbocycles. The van der Waals surface area contributed by atoms with Crippen molar-refractivity contribution in [1.82, 2.24) is 4.98 Å². The zero-order valence-corrected chi connectivity index (χ0v) is 12.5. The van der Waals surface area contributed by atoms with E-state index in [1.54, 1.807) is 6.07 Å². The first-order valence-corrected chi connectivity index (χ1v) is 6.83. The van der Waals surface area contributed by atoms with Gasteiger partial charge in [0.05, 0.1) is 13.2 Å². The number of halogens is 3. The minimum absolute atomic E-state index is 0.386. The largest absolute Gasteiger partial charge is 0.372 e. The first kappa shape index (κ1) is 13.8. The Morgan fingerprint density at radius 2 is 1.72 bits per heavy atom. The van der Waals surface area contributed by atoms with Gasteiger partial charge in [-0.05, 0) is 23.8 Å². The monoisotopic (exact) mass is 345 g/mol. The van der Waals surface area contributed by atoms with Gasteiger partial charge in [0.2, 0.25) is 0 Å². The van der Waals surface area contributed by atoms with Gasteiger partial charge in [0.25, 0.3) is 0 Å². The number of aromatic nitrogens is 1. The highest BCUT2D eigenvalue weighted by Crippen LogP contribution is 2.18. The van der Waals surface area contributed by atoms with Crippen LogP contribution in [0.3, 0.4) is 0 Å². The molecule has 0 saturated heterocycles. The maximum Gasteiger partial charge on any atom is 0.136 e. The van der Waals surface area contributed by atoms with Crippen molar-refractivity contribution in [1.29, 1.82) is 0 Å². The lowest BCUT2D eigenvalue weighted by atomic mass is 10.2. The van der Waals surface area contributed by atoms with E-state index in [4.69, 9.17) is 27.9 Å². The van der Waals surface area contributed by atoms with E-state index in [1.807, 2.05) is 30.3 Å². The second-order valence-electron chi connectivity index (χ2n) is 3.70. The third-order valence-electron chi connectivity index (χ3n) is 2.33. The van der Waals surface area contributed by atoms with Gasteiger partial charge in [-0.3, -0.25) is 0 Å². The summed E-state index contributed by atoms with van der Waals surface area (Å²) in [5, 5.41) is 0.773. The van der Waals surface area contributed by atoms with Crippen molar-refractivity contribution in [3.05, 3.63) is 62.3 Å². The van der Waals surface area contributed by atoms with Crippen molar-refractivity contribution < 1.29 is 4.74 Å². The van der Waals surface area contributed by atoms with Gasteiger partial charge in [0, 0.05) is 10.0 Å². The highest BCUT2D eigenvalue weighted by Gasteiger charge is 2.03. The van der Waals surface area contributed by atoms with Crippen molar-refractivity contribution in [2.45, 2.75) is 13.2 Å². The lowest BCUT2D eigenvalue weighted by Gasteiger charge is -2.06. The summed E-state index contributed by atoms with van der Waals surface area (Å²) < 4.78 is 6.64. The molecule has 0 N–H and O–H groups in total. The fourth-order valence-electron chi connectivity index (χ4n) is 1.41. The molecule has 1 aromatic carbocycles. The van der Waals surface area contributed by atoms with Gasteiger partial charge >= 0.3 is 0 Å². The van der Waals surface area contributed by atoms with Crippen LogP contribution < -0.4 is 0 Å². The molecule has 0 unspecified atom stereocenters. The van der Waals surface area contributed by atoms with E-state index in [0.29, 0.717) is 23.5 Å². The maximum atomic E-state index is 5.95. The molecule has 1 aromatic heterocycles. The second-order valence-corrected chi connectivity index (χ2v) is 5.36. The smallest absolute Gasteiger partial charge is 0.136 e. The van der Waals surface area contributed by atoms with Gasteiger partial charge in [-0.25, -0.2) is 4.98 Å². The van der Waals surface area contributed by atoms with Gasteiger partial charge in [-0.15, -0.1) is 0 Å². The second kappa shape index (κ2) is 6.53. The highest BCUT2D eigenvalue weighted by atomic mass is 79.9. The van der Waals surface area contributed by atoms with Crippen molar-refractivity contribution in [3.63, 3.8) is 0 Å². The van der Waals surface area contributed by atoms with Crippen LogP contribution in [-0.2, 0) is 18.0 Å². The number of ether oxygens (including phenoxy) is 1. The van der Waals surface area contributed by atoms with E-state index in [1.165, 1.54) is 0 Å². The van der Waals surface area contributed by atoms with E-state index in [2.05, 4.69) is 20.9 Å². The van der Waals surface area contributed by atoms with Gasteiger partial charge in [-0.1, -0.05) is 57.3 Å². The first-order valence-electron chi connectivity index (χ1n) is 5.28. The molecule has 0 radical (unpaired) electrons. The highest BCUT2D eigenvalue weighted by molar-refractivity contribution is 9.10. The van der Waals surface area contributed by atoms with Crippen molar-refractivity contribution in [2.24, 2.45) is 0 Å². The number of hydrogen-bond acceptors (Lipinski definition) is 2. The molecule has 0 bridgehead atoms. The summed E-state index contributed by atoms with van der Waals surface area (Å²) in [6.45, 7) is 0.950. The van der Waals surface area contributed by atoms with Gasteiger partial charge in [0.1, 0.15) is 10.3 Å². The lowest BCUT2D eigenvalue weighted by Crippen LogP contribution is -1.96. The lowest BCUT2D eigenvalue weighted by molar-refractivity contribution is 0.107. The van der Waals surface area contributed by atoms with E-state index in [-0.39, 0.29) is 0 Å². The molecule has 2 nitrogen and oxygen atoms in total. The molecule has 94 valence electrons. The topological polar surface area (TPSA) is 22.1 Å². The molecule has 0 aliphatic heterocycles. The molecule has 5 heteroatoms. The van der Waals surface area contributed by atoms with Crippen molar-refractivity contribution >= 4 is 39.1 Å². The molecule has 0 fully saturated rings. The minimum atomic E-state index is 0.386. The van der Waals surface area contributed by atoms with Crippen LogP contribution in [0.25, 0.3) is 0 Å². The summed E-state index contributed by atoms with van der Waals surface area (Å²) in [6.07, 6.45) is 0. The predicted molar refractivity (Wildman–Crippen MR) is 76.9 cm³/mol. The Bertz CT molecular complexity index is 531. The number of benzene rings is 1. The Labute approximate surface area is 124 Å². The van der Waals surface area contributed by atoms with Crippen molar-refractivity contribution in [3.8, 4) is 0 Å². The summed E-state index contributed by atoms with van der Waals surface area (Å²) >= 11 is 15.1. The Balaban J connectivity index is 1.90. The normalized spacial score (nSPS) is 10.6. The standard InChI is InChI=1S/C13H10BrCl2NO/c14-11-4-1-9(2-5-11)7-18-8-10-3-6-12(15)17-13(10)16/h1-6H,7-8H2. The molecule has 18 heavy (non-hydrogen) atoms. The summed E-state index contributed by atoms with van der Waals surface area (Å²) in [6, 6.07) is 11.5. The van der Waals surface area contributed by atoms with Gasteiger partial charge < -0.3 is 4.74 Å². The van der Waals surface area contributed by atoms with Crippen LogP contribution in [0.5, 0.6) is 0 Å². The van der Waals surface area contributed by atoms with Gasteiger partial charge in [0.15, 0.2) is 0 Å². The van der Waals surface area contributed by atoms with Crippen LogP contribution >= 0.6 is 39.1 Å². The SMILES string of the molecule is Clc1ccc(COCc2ccc(Br)cc2)c(Cl)n1. The minimum Gasteiger partial charge on any atom is -0.372 e. The van der Waals surface area contributed by atoms with E-state index in [0.717, 1.165) is 15.6 Å². The summed E-state index contributed by atoms with van der Waals surface area (Å²) in [5.74, 6) is 0. The molecular weight excluding hydrogens is 337 g/mol. The first-order chi connectivity index (χ1) is 8.65. The fraction of sp³-hybridized carbons (Fsp3) is 0.154. The van der Waals surface area contributed by atoms with Crippen LogP contribution in [0.2, 0.25) is 10.3 Å². The third kappa shape index (κ3) is 3.95. The quantitative estimate of drug-likeness (QED) is 0.737.